The summed E-state index contributed by atoms with van der Waals surface area (Å²) in [6.45, 7) is 0.558. The highest BCUT2D eigenvalue weighted by Gasteiger charge is 2.05. The Morgan fingerprint density at radius 2 is 2.18 bits per heavy atom. The average Bonchev–Trinajstić information content (AvgIpc) is 2.82. The van der Waals surface area contributed by atoms with Crippen LogP contribution in [0.4, 0.5) is 0 Å². The minimum Gasteiger partial charge on any atom is -0.399 e. The standard InChI is InChI=1S/C12H12ClN3O/c1-17-15-12(9-16-8-2-7-14-16)10-3-5-11(13)6-4-10/h2-8H,9H2,1H3. The zero-order valence-corrected chi connectivity index (χ0v) is 10.1. The Kier molecular flexibility index (Phi) is 3.77. The van der Waals surface area contributed by atoms with Gasteiger partial charge in [0.05, 0.1) is 6.54 Å². The molecule has 1 aromatic heterocycles. The molecule has 2 aromatic rings. The Morgan fingerprint density at radius 3 is 2.76 bits per heavy atom. The third-order valence-corrected chi connectivity index (χ3v) is 2.50. The van der Waals surface area contributed by atoms with Crippen LogP contribution >= 0.6 is 11.6 Å². The molecule has 0 unspecified atom stereocenters. The molecule has 0 spiro atoms. The molecule has 4 nitrogen and oxygen atoms in total. The minimum atomic E-state index is 0.558. The Hall–Kier alpha value is -1.81. The predicted molar refractivity (Wildman–Crippen MR) is 67.2 cm³/mol. The van der Waals surface area contributed by atoms with Gasteiger partial charge in [0.1, 0.15) is 12.8 Å². The van der Waals surface area contributed by atoms with Gasteiger partial charge < -0.3 is 4.84 Å². The second-order valence-corrected chi connectivity index (χ2v) is 3.87. The Labute approximate surface area is 104 Å². The van der Waals surface area contributed by atoms with Crippen LogP contribution in [-0.2, 0) is 11.4 Å². The van der Waals surface area contributed by atoms with E-state index in [0.29, 0.717) is 11.6 Å². The van der Waals surface area contributed by atoms with Gasteiger partial charge in [-0.1, -0.05) is 28.9 Å². The van der Waals surface area contributed by atoms with Crippen molar-refractivity contribution in [1.29, 1.82) is 0 Å². The fraction of sp³-hybridized carbons (Fsp3) is 0.167. The zero-order valence-electron chi connectivity index (χ0n) is 9.38. The molecule has 5 heteroatoms. The van der Waals surface area contributed by atoms with Crippen molar-refractivity contribution in [1.82, 2.24) is 9.78 Å². The van der Waals surface area contributed by atoms with Crippen LogP contribution in [0.3, 0.4) is 0 Å². The first-order chi connectivity index (χ1) is 8.29. The molecule has 0 aliphatic carbocycles. The maximum Gasteiger partial charge on any atom is 0.108 e. The van der Waals surface area contributed by atoms with Crippen LogP contribution in [0.1, 0.15) is 5.56 Å². The SMILES string of the molecule is CON=C(Cn1cccn1)c1ccc(Cl)cc1. The Bertz CT molecular complexity index is 491. The van der Waals surface area contributed by atoms with E-state index in [0.717, 1.165) is 11.3 Å². The summed E-state index contributed by atoms with van der Waals surface area (Å²) in [4.78, 5) is 4.85. The van der Waals surface area contributed by atoms with Crippen LogP contribution < -0.4 is 0 Å². The number of hydrogen-bond donors (Lipinski definition) is 0. The highest BCUT2D eigenvalue weighted by molar-refractivity contribution is 6.30. The van der Waals surface area contributed by atoms with Gasteiger partial charge in [-0.25, -0.2) is 0 Å². The summed E-state index contributed by atoms with van der Waals surface area (Å²) in [7, 11) is 1.53. The van der Waals surface area contributed by atoms with Crippen LogP contribution in [0.5, 0.6) is 0 Å². The number of hydrogen-bond acceptors (Lipinski definition) is 3. The summed E-state index contributed by atoms with van der Waals surface area (Å²) < 4.78 is 1.78. The molecule has 0 fully saturated rings. The molecule has 0 atom stereocenters. The quantitative estimate of drug-likeness (QED) is 0.617. The molecule has 0 saturated carbocycles. The van der Waals surface area contributed by atoms with Gasteiger partial charge in [0.15, 0.2) is 0 Å². The van der Waals surface area contributed by atoms with Crippen molar-refractivity contribution in [3.05, 3.63) is 53.3 Å². The number of halogens is 1. The maximum absolute atomic E-state index is 5.85. The number of oxime groups is 1. The van der Waals surface area contributed by atoms with Gasteiger partial charge in [-0.05, 0) is 18.2 Å². The van der Waals surface area contributed by atoms with Gasteiger partial charge in [-0.15, -0.1) is 0 Å². The molecule has 0 aliphatic rings. The number of benzene rings is 1. The Balaban J connectivity index is 2.23. The molecule has 0 saturated heterocycles. The van der Waals surface area contributed by atoms with Gasteiger partial charge in [0, 0.05) is 23.0 Å². The van der Waals surface area contributed by atoms with Crippen LogP contribution in [-0.4, -0.2) is 22.6 Å². The van der Waals surface area contributed by atoms with Gasteiger partial charge in [-0.2, -0.15) is 5.10 Å². The van der Waals surface area contributed by atoms with Crippen molar-refractivity contribution in [3.63, 3.8) is 0 Å². The highest BCUT2D eigenvalue weighted by atomic mass is 35.5. The molecule has 0 aliphatic heterocycles. The van der Waals surface area contributed by atoms with E-state index in [1.165, 1.54) is 7.11 Å². The third-order valence-electron chi connectivity index (χ3n) is 2.25. The Morgan fingerprint density at radius 1 is 1.41 bits per heavy atom. The molecule has 0 N–H and O–H groups in total. The normalized spacial score (nSPS) is 11.5. The second-order valence-electron chi connectivity index (χ2n) is 3.43. The number of aromatic nitrogens is 2. The van der Waals surface area contributed by atoms with Crippen molar-refractivity contribution in [2.45, 2.75) is 6.54 Å². The summed E-state index contributed by atoms with van der Waals surface area (Å²) in [6.07, 6.45) is 3.60. The van der Waals surface area contributed by atoms with Crippen LogP contribution in [0, 0.1) is 0 Å². The summed E-state index contributed by atoms with van der Waals surface area (Å²) >= 11 is 5.85. The van der Waals surface area contributed by atoms with Crippen molar-refractivity contribution in [3.8, 4) is 0 Å². The molecular formula is C12H12ClN3O. The fourth-order valence-electron chi connectivity index (χ4n) is 1.47. The lowest BCUT2D eigenvalue weighted by atomic mass is 10.1. The molecule has 1 aromatic carbocycles. The van der Waals surface area contributed by atoms with E-state index in [1.807, 2.05) is 36.5 Å². The summed E-state index contributed by atoms with van der Waals surface area (Å²) in [6, 6.07) is 9.33. The molecule has 0 radical (unpaired) electrons. The van der Waals surface area contributed by atoms with E-state index in [-0.39, 0.29) is 0 Å². The monoisotopic (exact) mass is 249 g/mol. The van der Waals surface area contributed by atoms with E-state index in [9.17, 15) is 0 Å². The zero-order chi connectivity index (χ0) is 12.1. The van der Waals surface area contributed by atoms with Crippen molar-refractivity contribution in [2.24, 2.45) is 5.16 Å². The molecular weight excluding hydrogens is 238 g/mol. The summed E-state index contributed by atoms with van der Waals surface area (Å²) in [5, 5.41) is 8.85. The number of rotatable bonds is 4. The van der Waals surface area contributed by atoms with Crippen LogP contribution in [0.15, 0.2) is 47.9 Å². The van der Waals surface area contributed by atoms with Crippen LogP contribution in [0.2, 0.25) is 5.02 Å². The predicted octanol–water partition coefficient (Wildman–Crippen LogP) is 2.59. The lowest BCUT2D eigenvalue weighted by Gasteiger charge is -2.06. The average molecular weight is 250 g/mol. The highest BCUT2D eigenvalue weighted by Crippen LogP contribution is 2.11. The minimum absolute atomic E-state index is 0.558. The van der Waals surface area contributed by atoms with Crippen molar-refractivity contribution < 1.29 is 4.84 Å². The number of nitrogens with zero attached hydrogens (tertiary/aromatic N) is 3. The van der Waals surface area contributed by atoms with Gasteiger partial charge in [0.25, 0.3) is 0 Å². The summed E-state index contributed by atoms with van der Waals surface area (Å²) in [5.41, 5.74) is 1.76. The lowest BCUT2D eigenvalue weighted by molar-refractivity contribution is 0.212. The summed E-state index contributed by atoms with van der Waals surface area (Å²) in [5.74, 6) is 0. The van der Waals surface area contributed by atoms with E-state index in [2.05, 4.69) is 10.3 Å². The topological polar surface area (TPSA) is 39.4 Å². The smallest absolute Gasteiger partial charge is 0.108 e. The van der Waals surface area contributed by atoms with Gasteiger partial charge in [0.2, 0.25) is 0 Å². The fourth-order valence-corrected chi connectivity index (χ4v) is 1.60. The van der Waals surface area contributed by atoms with Crippen molar-refractivity contribution >= 4 is 17.3 Å². The van der Waals surface area contributed by atoms with E-state index in [1.54, 1.807) is 10.9 Å². The first kappa shape index (κ1) is 11.7. The molecule has 88 valence electrons. The molecule has 0 amide bonds. The molecule has 17 heavy (non-hydrogen) atoms. The molecule has 0 bridgehead atoms. The van der Waals surface area contributed by atoms with E-state index >= 15 is 0 Å². The molecule has 2 rings (SSSR count). The maximum atomic E-state index is 5.85. The van der Waals surface area contributed by atoms with Crippen LogP contribution in [0.25, 0.3) is 0 Å². The van der Waals surface area contributed by atoms with Gasteiger partial charge >= 0.3 is 0 Å². The van der Waals surface area contributed by atoms with Gasteiger partial charge in [-0.3, -0.25) is 4.68 Å². The van der Waals surface area contributed by atoms with E-state index in [4.69, 9.17) is 16.4 Å². The first-order valence-corrected chi connectivity index (χ1v) is 5.51. The first-order valence-electron chi connectivity index (χ1n) is 5.13. The second kappa shape index (κ2) is 5.50. The van der Waals surface area contributed by atoms with E-state index < -0.39 is 0 Å². The largest absolute Gasteiger partial charge is 0.399 e. The van der Waals surface area contributed by atoms with Crippen molar-refractivity contribution in [2.75, 3.05) is 7.11 Å². The molecule has 1 heterocycles. The third kappa shape index (κ3) is 3.07. The lowest BCUT2D eigenvalue weighted by Crippen LogP contribution is -2.12.